The van der Waals surface area contributed by atoms with Crippen LogP contribution in [0.5, 0.6) is 0 Å². The van der Waals surface area contributed by atoms with Crippen LogP contribution >= 0.6 is 0 Å². The van der Waals surface area contributed by atoms with Crippen LogP contribution in [0.25, 0.3) is 11.1 Å². The Morgan fingerprint density at radius 3 is 2.13 bits per heavy atom. The second-order valence-corrected chi connectivity index (χ2v) is 7.48. The van der Waals surface area contributed by atoms with E-state index < -0.39 is 0 Å². The number of para-hydroxylation sites is 1. The van der Waals surface area contributed by atoms with Gasteiger partial charge in [0.15, 0.2) is 0 Å². The molecule has 5 heteroatoms. The Morgan fingerprint density at radius 2 is 1.43 bits per heavy atom. The fourth-order valence-electron chi connectivity index (χ4n) is 3.79. The predicted molar refractivity (Wildman–Crippen MR) is 119 cm³/mol. The highest BCUT2D eigenvalue weighted by molar-refractivity contribution is 5.94. The van der Waals surface area contributed by atoms with Crippen molar-refractivity contribution in [3.63, 3.8) is 0 Å². The molecule has 1 aliphatic rings. The molecule has 1 fully saturated rings. The van der Waals surface area contributed by atoms with Gasteiger partial charge in [0, 0.05) is 44.8 Å². The van der Waals surface area contributed by atoms with Crippen molar-refractivity contribution in [3.05, 3.63) is 90.2 Å². The van der Waals surface area contributed by atoms with Crippen molar-refractivity contribution in [2.24, 2.45) is 0 Å². The number of nitrogens with one attached hydrogen (secondary N) is 1. The Balaban J connectivity index is 1.22. The number of anilines is 1. The average Bonchev–Trinajstić information content (AvgIpc) is 2.81. The normalized spacial score (nSPS) is 14.5. The summed E-state index contributed by atoms with van der Waals surface area (Å²) in [5.74, 6) is -0.226. The Kier molecular flexibility index (Phi) is 6.40. The molecule has 0 radical (unpaired) electrons. The quantitative estimate of drug-likeness (QED) is 0.675. The average molecular weight is 404 g/mol. The molecule has 0 atom stereocenters. The third kappa shape index (κ3) is 4.86. The van der Waals surface area contributed by atoms with Crippen LogP contribution in [-0.2, 0) is 0 Å². The first-order chi connectivity index (χ1) is 14.7. The van der Waals surface area contributed by atoms with Gasteiger partial charge in [-0.25, -0.2) is 4.39 Å². The van der Waals surface area contributed by atoms with Crippen LogP contribution in [-0.4, -0.2) is 50.1 Å². The molecule has 0 spiro atoms. The number of piperazine rings is 1. The lowest BCUT2D eigenvalue weighted by Crippen LogP contribution is -2.48. The topological polar surface area (TPSA) is 35.6 Å². The standard InChI is InChI=1S/C25H26FN3O/c26-23-8-4-5-9-24(23)29-18-16-28(17-19-29)15-14-27-25(30)22-12-10-21(11-13-22)20-6-2-1-3-7-20/h1-13H,14-19H2,(H,27,30). The van der Waals surface area contributed by atoms with Crippen LogP contribution in [0.4, 0.5) is 10.1 Å². The number of hydrogen-bond acceptors (Lipinski definition) is 3. The molecular formula is C25H26FN3O. The van der Waals surface area contributed by atoms with Gasteiger partial charge in [0.05, 0.1) is 5.69 Å². The summed E-state index contributed by atoms with van der Waals surface area (Å²) in [6, 6.07) is 24.7. The van der Waals surface area contributed by atoms with E-state index in [1.165, 1.54) is 6.07 Å². The smallest absolute Gasteiger partial charge is 0.251 e. The van der Waals surface area contributed by atoms with Gasteiger partial charge in [0.2, 0.25) is 0 Å². The van der Waals surface area contributed by atoms with Crippen molar-refractivity contribution in [3.8, 4) is 11.1 Å². The summed E-state index contributed by atoms with van der Waals surface area (Å²) in [5.41, 5.74) is 3.57. The lowest BCUT2D eigenvalue weighted by molar-refractivity contribution is 0.0948. The SMILES string of the molecule is O=C(NCCN1CCN(c2ccccc2F)CC1)c1ccc(-c2ccccc2)cc1. The van der Waals surface area contributed by atoms with Gasteiger partial charge in [-0.15, -0.1) is 0 Å². The van der Waals surface area contributed by atoms with E-state index in [1.54, 1.807) is 6.07 Å². The minimum atomic E-state index is -0.170. The Bertz CT molecular complexity index is 967. The van der Waals surface area contributed by atoms with E-state index in [2.05, 4.69) is 27.2 Å². The first-order valence-electron chi connectivity index (χ1n) is 10.4. The summed E-state index contributed by atoms with van der Waals surface area (Å²) in [5, 5.41) is 3.00. The Hall–Kier alpha value is -3.18. The van der Waals surface area contributed by atoms with Gasteiger partial charge in [0.25, 0.3) is 5.91 Å². The molecule has 0 saturated carbocycles. The van der Waals surface area contributed by atoms with Gasteiger partial charge in [-0.2, -0.15) is 0 Å². The molecule has 1 heterocycles. The maximum absolute atomic E-state index is 13.9. The summed E-state index contributed by atoms with van der Waals surface area (Å²) in [6.45, 7) is 4.68. The summed E-state index contributed by atoms with van der Waals surface area (Å²) >= 11 is 0. The molecule has 0 aromatic heterocycles. The first kappa shape index (κ1) is 20.1. The zero-order chi connectivity index (χ0) is 20.8. The molecule has 3 aromatic carbocycles. The van der Waals surface area contributed by atoms with Gasteiger partial charge in [-0.05, 0) is 35.4 Å². The molecule has 1 aliphatic heterocycles. The number of carbonyl (C=O) groups excluding carboxylic acids is 1. The fourth-order valence-corrected chi connectivity index (χ4v) is 3.79. The summed E-state index contributed by atoms with van der Waals surface area (Å²) in [4.78, 5) is 16.8. The Labute approximate surface area is 176 Å². The zero-order valence-electron chi connectivity index (χ0n) is 16.9. The molecular weight excluding hydrogens is 377 g/mol. The molecule has 30 heavy (non-hydrogen) atoms. The maximum Gasteiger partial charge on any atom is 0.251 e. The van der Waals surface area contributed by atoms with Gasteiger partial charge < -0.3 is 10.2 Å². The molecule has 1 saturated heterocycles. The lowest BCUT2D eigenvalue weighted by atomic mass is 10.0. The van der Waals surface area contributed by atoms with E-state index in [-0.39, 0.29) is 11.7 Å². The number of benzene rings is 3. The van der Waals surface area contributed by atoms with E-state index in [1.807, 2.05) is 54.6 Å². The number of carbonyl (C=O) groups is 1. The van der Waals surface area contributed by atoms with E-state index >= 15 is 0 Å². The molecule has 4 nitrogen and oxygen atoms in total. The second-order valence-electron chi connectivity index (χ2n) is 7.48. The maximum atomic E-state index is 13.9. The first-order valence-corrected chi connectivity index (χ1v) is 10.4. The fraction of sp³-hybridized carbons (Fsp3) is 0.240. The lowest BCUT2D eigenvalue weighted by Gasteiger charge is -2.36. The number of halogens is 1. The van der Waals surface area contributed by atoms with Crippen LogP contribution < -0.4 is 10.2 Å². The van der Waals surface area contributed by atoms with Crippen LogP contribution in [0.15, 0.2) is 78.9 Å². The molecule has 154 valence electrons. The van der Waals surface area contributed by atoms with E-state index in [0.29, 0.717) is 17.8 Å². The van der Waals surface area contributed by atoms with Crippen molar-refractivity contribution in [1.29, 1.82) is 0 Å². The molecule has 1 N–H and O–H groups in total. The van der Waals surface area contributed by atoms with Crippen LogP contribution in [0.1, 0.15) is 10.4 Å². The molecule has 0 unspecified atom stereocenters. The van der Waals surface area contributed by atoms with Crippen molar-refractivity contribution < 1.29 is 9.18 Å². The number of amides is 1. The van der Waals surface area contributed by atoms with Crippen LogP contribution in [0, 0.1) is 5.82 Å². The van der Waals surface area contributed by atoms with Crippen molar-refractivity contribution in [1.82, 2.24) is 10.2 Å². The van der Waals surface area contributed by atoms with Crippen LogP contribution in [0.3, 0.4) is 0 Å². The highest BCUT2D eigenvalue weighted by Crippen LogP contribution is 2.20. The van der Waals surface area contributed by atoms with Crippen molar-refractivity contribution in [2.75, 3.05) is 44.2 Å². The third-order valence-electron chi connectivity index (χ3n) is 5.53. The van der Waals surface area contributed by atoms with Gasteiger partial charge >= 0.3 is 0 Å². The van der Waals surface area contributed by atoms with Gasteiger partial charge in [-0.3, -0.25) is 9.69 Å². The highest BCUT2D eigenvalue weighted by atomic mass is 19.1. The monoisotopic (exact) mass is 403 g/mol. The van der Waals surface area contributed by atoms with E-state index in [9.17, 15) is 9.18 Å². The third-order valence-corrected chi connectivity index (χ3v) is 5.53. The largest absolute Gasteiger partial charge is 0.367 e. The number of nitrogens with zero attached hydrogens (tertiary/aromatic N) is 2. The predicted octanol–water partition coefficient (Wildman–Crippen LogP) is 4.04. The van der Waals surface area contributed by atoms with Crippen molar-refractivity contribution in [2.45, 2.75) is 0 Å². The Morgan fingerprint density at radius 1 is 0.800 bits per heavy atom. The van der Waals surface area contributed by atoms with Gasteiger partial charge in [-0.1, -0.05) is 54.6 Å². The summed E-state index contributed by atoms with van der Waals surface area (Å²) < 4.78 is 13.9. The van der Waals surface area contributed by atoms with Crippen LogP contribution in [0.2, 0.25) is 0 Å². The molecule has 4 rings (SSSR count). The molecule has 0 bridgehead atoms. The molecule has 0 aliphatic carbocycles. The molecule has 3 aromatic rings. The number of rotatable bonds is 6. The summed E-state index contributed by atoms with van der Waals surface area (Å²) in [6.07, 6.45) is 0. The van der Waals surface area contributed by atoms with Crippen molar-refractivity contribution >= 4 is 11.6 Å². The zero-order valence-corrected chi connectivity index (χ0v) is 16.9. The van der Waals surface area contributed by atoms with E-state index in [4.69, 9.17) is 0 Å². The second kappa shape index (κ2) is 9.55. The minimum absolute atomic E-state index is 0.0559. The molecule has 1 amide bonds. The highest BCUT2D eigenvalue weighted by Gasteiger charge is 2.19. The number of hydrogen-bond donors (Lipinski definition) is 1. The minimum Gasteiger partial charge on any atom is -0.367 e. The summed E-state index contributed by atoms with van der Waals surface area (Å²) in [7, 11) is 0. The van der Waals surface area contributed by atoms with Gasteiger partial charge in [0.1, 0.15) is 5.82 Å². The van der Waals surface area contributed by atoms with E-state index in [0.717, 1.165) is 43.9 Å².